The van der Waals surface area contributed by atoms with Crippen LogP contribution in [0.5, 0.6) is 0 Å². The molecule has 1 heterocycles. The Balaban J connectivity index is 2.45. The van der Waals surface area contributed by atoms with Gasteiger partial charge >= 0.3 is 0 Å². The topological polar surface area (TPSA) is 26.0 Å². The molecule has 2 N–H and O–H groups in total. The Morgan fingerprint density at radius 1 is 1.43 bits per heavy atom. The molecule has 0 fully saturated rings. The number of hydrogen-bond donors (Lipinski definition) is 1. The average molecular weight is 207 g/mol. The Kier molecular flexibility index (Phi) is 2.58. The smallest absolute Gasteiger partial charge is 0.0108 e. The van der Waals surface area contributed by atoms with Crippen molar-refractivity contribution in [1.82, 2.24) is 0 Å². The molecule has 14 heavy (non-hydrogen) atoms. The van der Waals surface area contributed by atoms with Gasteiger partial charge in [-0.3, -0.25) is 0 Å². The van der Waals surface area contributed by atoms with Crippen molar-refractivity contribution in [1.29, 1.82) is 0 Å². The zero-order chi connectivity index (χ0) is 10.2. The molecule has 1 aliphatic heterocycles. The lowest BCUT2D eigenvalue weighted by Crippen LogP contribution is -2.33. The van der Waals surface area contributed by atoms with Crippen LogP contribution >= 0.6 is 11.8 Å². The number of thioether (sulfide) groups is 1. The molecule has 0 amide bonds. The Morgan fingerprint density at radius 3 is 2.86 bits per heavy atom. The van der Waals surface area contributed by atoms with Crippen LogP contribution in [0.15, 0.2) is 29.2 Å². The van der Waals surface area contributed by atoms with E-state index in [1.165, 1.54) is 16.2 Å². The molecule has 2 rings (SSSR count). The second-order valence-electron chi connectivity index (χ2n) is 4.60. The maximum Gasteiger partial charge on any atom is 0.0108 e. The Hall–Kier alpha value is -0.470. The fourth-order valence-electron chi connectivity index (χ4n) is 2.13. The molecule has 76 valence electrons. The molecule has 2 heteroatoms. The fraction of sp³-hybridized carbons (Fsp3) is 0.500. The first-order valence-corrected chi connectivity index (χ1v) is 6.05. The van der Waals surface area contributed by atoms with E-state index >= 15 is 0 Å². The van der Waals surface area contributed by atoms with Crippen LogP contribution in [0, 0.1) is 5.41 Å². The summed E-state index contributed by atoms with van der Waals surface area (Å²) in [6, 6.07) is 8.65. The first-order chi connectivity index (χ1) is 6.65. The monoisotopic (exact) mass is 207 g/mol. The summed E-state index contributed by atoms with van der Waals surface area (Å²) in [6.45, 7) is 5.38. The summed E-state index contributed by atoms with van der Waals surface area (Å²) in [5.74, 6) is 1.69. The van der Waals surface area contributed by atoms with E-state index in [4.69, 9.17) is 5.73 Å². The third-order valence-electron chi connectivity index (χ3n) is 3.07. The number of fused-ring (bicyclic) bond motifs is 1. The first-order valence-electron chi connectivity index (χ1n) is 5.07. The van der Waals surface area contributed by atoms with Gasteiger partial charge < -0.3 is 5.73 Å². The van der Waals surface area contributed by atoms with Crippen LogP contribution in [0.25, 0.3) is 0 Å². The highest BCUT2D eigenvalue weighted by atomic mass is 32.2. The highest BCUT2D eigenvalue weighted by molar-refractivity contribution is 7.99. The van der Waals surface area contributed by atoms with Crippen molar-refractivity contribution < 1.29 is 0 Å². The quantitative estimate of drug-likeness (QED) is 0.766. The average Bonchev–Trinajstić information content (AvgIpc) is 2.17. The molecule has 0 saturated heterocycles. The van der Waals surface area contributed by atoms with E-state index in [9.17, 15) is 0 Å². The minimum Gasteiger partial charge on any atom is -0.330 e. The minimum absolute atomic E-state index is 0.327. The molecule has 0 aromatic heterocycles. The van der Waals surface area contributed by atoms with E-state index in [2.05, 4.69) is 38.1 Å². The molecule has 0 aliphatic carbocycles. The van der Waals surface area contributed by atoms with Crippen molar-refractivity contribution in [2.75, 3.05) is 12.3 Å². The number of rotatable bonds is 1. The molecule has 0 spiro atoms. The molecule has 0 radical (unpaired) electrons. The standard InChI is InChI=1S/C12H17NS/c1-12(2)8-14-11-6-4-3-5-9(11)10(12)7-13/h3-6,10H,7-8,13H2,1-2H3. The van der Waals surface area contributed by atoms with Crippen molar-refractivity contribution in [3.63, 3.8) is 0 Å². The van der Waals surface area contributed by atoms with Gasteiger partial charge in [0.15, 0.2) is 0 Å². The van der Waals surface area contributed by atoms with Crippen LogP contribution in [0.3, 0.4) is 0 Å². The van der Waals surface area contributed by atoms with Crippen molar-refractivity contribution in [3.05, 3.63) is 29.8 Å². The van der Waals surface area contributed by atoms with Gasteiger partial charge in [0.1, 0.15) is 0 Å². The molecule has 1 unspecified atom stereocenters. The van der Waals surface area contributed by atoms with E-state index in [0.717, 1.165) is 6.54 Å². The van der Waals surface area contributed by atoms with E-state index in [0.29, 0.717) is 11.3 Å². The van der Waals surface area contributed by atoms with Crippen LogP contribution in [0.4, 0.5) is 0 Å². The summed E-state index contributed by atoms with van der Waals surface area (Å²) in [5, 5.41) is 0. The second kappa shape index (κ2) is 3.59. The van der Waals surface area contributed by atoms with Crippen LogP contribution in [0.2, 0.25) is 0 Å². The lowest BCUT2D eigenvalue weighted by atomic mass is 9.76. The van der Waals surface area contributed by atoms with E-state index in [1.54, 1.807) is 0 Å². The van der Waals surface area contributed by atoms with Crippen LogP contribution in [-0.2, 0) is 0 Å². The van der Waals surface area contributed by atoms with Gasteiger partial charge in [-0.15, -0.1) is 11.8 Å². The fourth-order valence-corrected chi connectivity index (χ4v) is 3.41. The molecule has 0 bridgehead atoms. The Bertz CT molecular complexity index is 333. The minimum atomic E-state index is 0.327. The van der Waals surface area contributed by atoms with Gasteiger partial charge in [-0.25, -0.2) is 0 Å². The Labute approximate surface area is 90.1 Å². The van der Waals surface area contributed by atoms with Crippen molar-refractivity contribution in [3.8, 4) is 0 Å². The zero-order valence-corrected chi connectivity index (χ0v) is 9.60. The Morgan fingerprint density at radius 2 is 2.14 bits per heavy atom. The summed E-state index contributed by atoms with van der Waals surface area (Å²) in [5.41, 5.74) is 7.65. The van der Waals surface area contributed by atoms with Crippen molar-refractivity contribution in [2.24, 2.45) is 11.1 Å². The lowest BCUT2D eigenvalue weighted by molar-refractivity contribution is 0.325. The van der Waals surface area contributed by atoms with Gasteiger partial charge in [0, 0.05) is 16.6 Å². The molecule has 1 aliphatic rings. The largest absolute Gasteiger partial charge is 0.330 e. The van der Waals surface area contributed by atoms with Crippen LogP contribution in [0.1, 0.15) is 25.3 Å². The molecule has 1 aromatic rings. The van der Waals surface area contributed by atoms with Gasteiger partial charge in [-0.2, -0.15) is 0 Å². The third kappa shape index (κ3) is 1.57. The zero-order valence-electron chi connectivity index (χ0n) is 8.79. The van der Waals surface area contributed by atoms with E-state index in [-0.39, 0.29) is 0 Å². The lowest BCUT2D eigenvalue weighted by Gasteiger charge is -2.38. The van der Waals surface area contributed by atoms with Crippen LogP contribution < -0.4 is 5.73 Å². The number of nitrogens with two attached hydrogens (primary N) is 1. The van der Waals surface area contributed by atoms with Crippen LogP contribution in [-0.4, -0.2) is 12.3 Å². The summed E-state index contributed by atoms with van der Waals surface area (Å²) in [4.78, 5) is 1.42. The van der Waals surface area contributed by atoms with E-state index in [1.807, 2.05) is 11.8 Å². The predicted molar refractivity (Wildman–Crippen MR) is 62.7 cm³/mol. The molecular weight excluding hydrogens is 190 g/mol. The second-order valence-corrected chi connectivity index (χ2v) is 5.62. The van der Waals surface area contributed by atoms with Gasteiger partial charge in [-0.1, -0.05) is 32.0 Å². The van der Waals surface area contributed by atoms with Gasteiger partial charge in [0.2, 0.25) is 0 Å². The van der Waals surface area contributed by atoms with Crippen molar-refractivity contribution in [2.45, 2.75) is 24.7 Å². The summed E-state index contributed by atoms with van der Waals surface area (Å²) in [7, 11) is 0. The van der Waals surface area contributed by atoms with E-state index < -0.39 is 0 Å². The highest BCUT2D eigenvalue weighted by Crippen LogP contribution is 2.47. The number of hydrogen-bond acceptors (Lipinski definition) is 2. The highest BCUT2D eigenvalue weighted by Gasteiger charge is 2.34. The first kappa shape index (κ1) is 10.1. The molecule has 1 atom stereocenters. The maximum atomic E-state index is 5.88. The maximum absolute atomic E-state index is 5.88. The molecule has 1 aromatic carbocycles. The number of benzene rings is 1. The summed E-state index contributed by atoms with van der Waals surface area (Å²) < 4.78 is 0. The van der Waals surface area contributed by atoms with Gasteiger partial charge in [0.05, 0.1) is 0 Å². The summed E-state index contributed by atoms with van der Waals surface area (Å²) >= 11 is 1.96. The van der Waals surface area contributed by atoms with Gasteiger partial charge in [0.25, 0.3) is 0 Å². The SMILES string of the molecule is CC1(C)CSc2ccccc2C1CN. The predicted octanol–water partition coefficient (Wildman–Crippen LogP) is 2.86. The molecular formula is C12H17NS. The third-order valence-corrected chi connectivity index (χ3v) is 4.64. The molecule has 1 nitrogen and oxygen atoms in total. The van der Waals surface area contributed by atoms with Gasteiger partial charge in [-0.05, 0) is 23.6 Å². The normalized spacial score (nSPS) is 24.4. The van der Waals surface area contributed by atoms with Crippen molar-refractivity contribution >= 4 is 11.8 Å². The molecule has 0 saturated carbocycles. The summed E-state index contributed by atoms with van der Waals surface area (Å²) in [6.07, 6.45) is 0.